The van der Waals surface area contributed by atoms with Crippen molar-refractivity contribution in [3.63, 3.8) is 0 Å². The van der Waals surface area contributed by atoms with E-state index in [9.17, 15) is 38.6 Å². The van der Waals surface area contributed by atoms with Gasteiger partial charge in [-0.1, -0.05) is 65.7 Å². The van der Waals surface area contributed by atoms with Gasteiger partial charge in [-0.2, -0.15) is 0 Å². The molecule has 14 heteroatoms. The van der Waals surface area contributed by atoms with Crippen LogP contribution in [0, 0.1) is 11.7 Å². The van der Waals surface area contributed by atoms with Crippen molar-refractivity contribution in [2.45, 2.75) is 63.5 Å². The van der Waals surface area contributed by atoms with Crippen LogP contribution in [-0.2, 0) is 36.9 Å². The number of aromatic carboxylic acids is 1. The minimum Gasteiger partial charge on any atom is -0.481 e. The molecule has 3 aromatic rings. The van der Waals surface area contributed by atoms with E-state index in [1.54, 1.807) is 18.2 Å². The number of aliphatic carboxylic acids is 1. The molecule has 1 amide bonds. The standard InChI is InChI=1S/C42H44ClFN4O8/c43-34-9-4-8-33(38(34)44)35-23-37(56-46-35)40(51)48-20-16-31-30(6-3-7-32(31)39(48)36(50)21-25-10-12-27(13-11-25)41(52)53)26-14-18-47(19-15-26)24-29(49)22-28(42(54)55)5-1-2-17-45/h3-4,6-14,28,37,39H,1-2,5,15-24,45H2,(H,52,53)(H,54,55)/t28-,37-,39+/m1/s1. The molecule has 12 nitrogen and oxygen atoms in total. The first-order valence-corrected chi connectivity index (χ1v) is 19.1. The van der Waals surface area contributed by atoms with Crippen LogP contribution in [0.25, 0.3) is 5.57 Å². The molecule has 56 heavy (non-hydrogen) atoms. The molecule has 294 valence electrons. The Morgan fingerprint density at radius 2 is 1.71 bits per heavy atom. The number of rotatable bonds is 16. The van der Waals surface area contributed by atoms with Crippen LogP contribution in [0.3, 0.4) is 0 Å². The molecule has 3 heterocycles. The van der Waals surface area contributed by atoms with Gasteiger partial charge in [0.15, 0.2) is 11.6 Å². The molecule has 0 aromatic heterocycles. The van der Waals surface area contributed by atoms with Crippen molar-refractivity contribution in [3.05, 3.63) is 111 Å². The molecule has 0 radical (unpaired) electrons. The number of halogens is 2. The highest BCUT2D eigenvalue weighted by Gasteiger charge is 2.42. The summed E-state index contributed by atoms with van der Waals surface area (Å²) >= 11 is 5.99. The van der Waals surface area contributed by atoms with Crippen molar-refractivity contribution in [1.82, 2.24) is 9.80 Å². The number of Topliss-reactive ketones (excluding diaryl/α,β-unsaturated/α-hetero) is 2. The number of oxime groups is 1. The third-order valence-electron chi connectivity index (χ3n) is 10.7. The fraction of sp³-hybridized carbons (Fsp3) is 0.381. The summed E-state index contributed by atoms with van der Waals surface area (Å²) in [6.45, 7) is 1.90. The summed E-state index contributed by atoms with van der Waals surface area (Å²) in [5.74, 6) is -4.32. The summed E-state index contributed by atoms with van der Waals surface area (Å²) in [7, 11) is 0. The molecular weight excluding hydrogens is 743 g/mol. The van der Waals surface area contributed by atoms with E-state index in [0.29, 0.717) is 62.9 Å². The highest BCUT2D eigenvalue weighted by molar-refractivity contribution is 6.31. The Hall–Kier alpha value is -5.24. The normalized spacial score (nSPS) is 18.7. The smallest absolute Gasteiger partial charge is 0.335 e. The van der Waals surface area contributed by atoms with Crippen molar-refractivity contribution in [2.75, 3.05) is 32.7 Å². The number of carbonyl (C=O) groups excluding carboxylic acids is 3. The maximum atomic E-state index is 14.8. The number of unbranched alkanes of at least 4 members (excludes halogenated alkanes) is 1. The highest BCUT2D eigenvalue weighted by atomic mass is 35.5. The minimum absolute atomic E-state index is 0.0197. The van der Waals surface area contributed by atoms with Gasteiger partial charge >= 0.3 is 11.9 Å². The zero-order chi connectivity index (χ0) is 39.9. The lowest BCUT2D eigenvalue weighted by Crippen LogP contribution is -2.48. The number of carbonyl (C=O) groups is 5. The second-order valence-electron chi connectivity index (χ2n) is 14.4. The first kappa shape index (κ1) is 40.4. The third-order valence-corrected chi connectivity index (χ3v) is 11.0. The summed E-state index contributed by atoms with van der Waals surface area (Å²) in [4.78, 5) is 73.7. The monoisotopic (exact) mass is 786 g/mol. The van der Waals surface area contributed by atoms with E-state index < -0.39 is 41.7 Å². The quantitative estimate of drug-likeness (QED) is 0.157. The van der Waals surface area contributed by atoms with E-state index in [-0.39, 0.29) is 65.8 Å². The number of amides is 1. The molecule has 3 atom stereocenters. The highest BCUT2D eigenvalue weighted by Crippen LogP contribution is 2.38. The molecule has 0 aliphatic carbocycles. The van der Waals surface area contributed by atoms with Crippen LogP contribution >= 0.6 is 11.6 Å². The van der Waals surface area contributed by atoms with Crippen molar-refractivity contribution in [3.8, 4) is 0 Å². The Kier molecular flexibility index (Phi) is 13.1. The van der Waals surface area contributed by atoms with Gasteiger partial charge in [0.05, 0.1) is 28.8 Å². The van der Waals surface area contributed by atoms with Gasteiger partial charge in [0.2, 0.25) is 6.10 Å². The van der Waals surface area contributed by atoms with Gasteiger partial charge in [0.25, 0.3) is 5.91 Å². The van der Waals surface area contributed by atoms with Crippen LogP contribution in [0.4, 0.5) is 4.39 Å². The van der Waals surface area contributed by atoms with Crippen molar-refractivity contribution in [2.24, 2.45) is 16.8 Å². The number of fused-ring (bicyclic) bond motifs is 1. The van der Waals surface area contributed by atoms with Crippen molar-refractivity contribution in [1.29, 1.82) is 0 Å². The van der Waals surface area contributed by atoms with Crippen LogP contribution in [-0.4, -0.2) is 94.0 Å². The van der Waals surface area contributed by atoms with Crippen LogP contribution in [0.1, 0.15) is 82.7 Å². The average Bonchev–Trinajstić information content (AvgIpc) is 3.68. The third kappa shape index (κ3) is 9.23. The Bertz CT molecular complexity index is 2070. The summed E-state index contributed by atoms with van der Waals surface area (Å²) in [6, 6.07) is 15.2. The SMILES string of the molecule is NCCCC[C@H](CC(=O)CN1CC=C(c2cccc3c2CCN(C(=O)[C@H]2CC(c4cccc(Cl)c4F)=NO2)[C@@H]3C(=O)Cc2ccc(C(=O)O)cc2)CC1)C(=O)O. The molecule has 0 unspecified atom stereocenters. The largest absolute Gasteiger partial charge is 0.481 e. The summed E-state index contributed by atoms with van der Waals surface area (Å²) in [6.07, 6.45) is 3.70. The van der Waals surface area contributed by atoms with Gasteiger partial charge in [-0.15, -0.1) is 0 Å². The minimum atomic E-state index is -1.09. The van der Waals surface area contributed by atoms with E-state index in [1.165, 1.54) is 29.2 Å². The zero-order valence-corrected chi connectivity index (χ0v) is 31.6. The lowest BCUT2D eigenvalue weighted by atomic mass is 9.82. The Labute approximate surface area is 328 Å². The van der Waals surface area contributed by atoms with E-state index >= 15 is 0 Å². The van der Waals surface area contributed by atoms with Gasteiger partial charge in [-0.05, 0) is 84.3 Å². The fourth-order valence-electron chi connectivity index (χ4n) is 7.73. The van der Waals surface area contributed by atoms with Crippen molar-refractivity contribution < 1.29 is 43.4 Å². The topological polar surface area (TPSA) is 180 Å². The van der Waals surface area contributed by atoms with E-state index in [4.69, 9.17) is 22.2 Å². The van der Waals surface area contributed by atoms with E-state index in [1.807, 2.05) is 23.1 Å². The maximum Gasteiger partial charge on any atom is 0.335 e. The van der Waals surface area contributed by atoms with Crippen LogP contribution in [0.5, 0.6) is 0 Å². The average molecular weight is 787 g/mol. The predicted molar refractivity (Wildman–Crippen MR) is 207 cm³/mol. The summed E-state index contributed by atoms with van der Waals surface area (Å²) in [5.41, 5.74) is 10.2. The second-order valence-corrected chi connectivity index (χ2v) is 14.8. The Morgan fingerprint density at radius 3 is 2.41 bits per heavy atom. The molecule has 3 aromatic carbocycles. The van der Waals surface area contributed by atoms with E-state index in [2.05, 4.69) is 11.2 Å². The molecule has 6 rings (SSSR count). The molecule has 3 aliphatic rings. The lowest BCUT2D eigenvalue weighted by molar-refractivity contribution is -0.149. The number of carboxylic acid groups (broad SMARTS) is 2. The lowest BCUT2D eigenvalue weighted by Gasteiger charge is -2.38. The summed E-state index contributed by atoms with van der Waals surface area (Å²) < 4.78 is 14.8. The number of carboxylic acids is 2. The number of nitrogens with zero attached hydrogens (tertiary/aromatic N) is 3. The molecule has 0 bridgehead atoms. The number of hydrogen-bond acceptors (Lipinski definition) is 9. The molecular formula is C42H44ClFN4O8. The van der Waals surface area contributed by atoms with Gasteiger partial charge in [0.1, 0.15) is 11.8 Å². The van der Waals surface area contributed by atoms with Crippen LogP contribution in [0.15, 0.2) is 71.9 Å². The second kappa shape index (κ2) is 18.1. The predicted octanol–water partition coefficient (Wildman–Crippen LogP) is 5.49. The summed E-state index contributed by atoms with van der Waals surface area (Å²) in [5, 5.41) is 22.9. The zero-order valence-electron chi connectivity index (χ0n) is 30.8. The van der Waals surface area contributed by atoms with Gasteiger partial charge in [0, 0.05) is 44.5 Å². The molecule has 0 fully saturated rings. The van der Waals surface area contributed by atoms with Crippen molar-refractivity contribution >= 4 is 52.3 Å². The number of nitrogens with two attached hydrogens (primary N) is 1. The number of benzene rings is 3. The van der Waals surface area contributed by atoms with E-state index in [0.717, 1.165) is 16.7 Å². The van der Waals surface area contributed by atoms with Gasteiger partial charge in [-0.3, -0.25) is 24.1 Å². The molecule has 0 spiro atoms. The number of hydrogen-bond donors (Lipinski definition) is 3. The van der Waals surface area contributed by atoms with Crippen LogP contribution < -0.4 is 5.73 Å². The number of ketones is 2. The fourth-order valence-corrected chi connectivity index (χ4v) is 7.91. The molecule has 3 aliphatic heterocycles. The first-order valence-electron chi connectivity index (χ1n) is 18.8. The Morgan fingerprint density at radius 1 is 0.964 bits per heavy atom. The molecule has 4 N–H and O–H groups in total. The Balaban J connectivity index is 1.22. The molecule has 0 saturated carbocycles. The van der Waals surface area contributed by atoms with Gasteiger partial charge < -0.3 is 25.7 Å². The maximum absolute atomic E-state index is 14.8. The van der Waals surface area contributed by atoms with Crippen LogP contribution in [0.2, 0.25) is 5.02 Å². The van der Waals surface area contributed by atoms with Gasteiger partial charge in [-0.25, -0.2) is 9.18 Å². The first-order chi connectivity index (χ1) is 26.9. The molecule has 0 saturated heterocycles.